The number of anilines is 2. The fourth-order valence-corrected chi connectivity index (χ4v) is 4.79. The summed E-state index contributed by atoms with van der Waals surface area (Å²) in [5.74, 6) is 0.658. The maximum Gasteiger partial charge on any atom is 0.316 e. The Morgan fingerprint density at radius 2 is 1.53 bits per heavy atom. The van der Waals surface area contributed by atoms with Gasteiger partial charge in [0.25, 0.3) is 0 Å². The van der Waals surface area contributed by atoms with E-state index in [4.69, 9.17) is 21.1 Å². The lowest BCUT2D eigenvalue weighted by atomic mass is 10.1. The van der Waals surface area contributed by atoms with Crippen molar-refractivity contribution in [2.24, 2.45) is 0 Å². The Morgan fingerprint density at radius 1 is 0.921 bits per heavy atom. The number of benzene rings is 3. The maximum atomic E-state index is 13.6. The van der Waals surface area contributed by atoms with Crippen LogP contribution in [0.4, 0.5) is 11.4 Å². The van der Waals surface area contributed by atoms with Gasteiger partial charge in [-0.1, -0.05) is 35.9 Å². The summed E-state index contributed by atoms with van der Waals surface area (Å²) in [6, 6.07) is 21.2. The van der Waals surface area contributed by atoms with Crippen LogP contribution in [0, 0.1) is 0 Å². The van der Waals surface area contributed by atoms with E-state index in [-0.39, 0.29) is 5.75 Å². The van der Waals surface area contributed by atoms with Crippen LogP contribution in [0.3, 0.4) is 0 Å². The molecule has 0 spiro atoms. The molecule has 0 aliphatic carbocycles. The first-order valence-corrected chi connectivity index (χ1v) is 14.1. The van der Waals surface area contributed by atoms with Gasteiger partial charge < -0.3 is 14.4 Å². The molecule has 38 heavy (non-hydrogen) atoms. The molecule has 0 radical (unpaired) electrons. The Labute approximate surface area is 225 Å². The minimum Gasteiger partial charge on any atom is -0.449 e. The average molecular weight is 553 g/mol. The molecule has 0 amide bonds. The highest BCUT2D eigenvalue weighted by Gasteiger charge is 2.22. The molecule has 3 aromatic carbocycles. The van der Waals surface area contributed by atoms with Gasteiger partial charge in [-0.2, -0.15) is 9.78 Å². The van der Waals surface area contributed by atoms with Crippen LogP contribution < -0.4 is 19.9 Å². The van der Waals surface area contributed by atoms with E-state index < -0.39 is 15.6 Å². The number of hydrogen-bond acceptors (Lipinski definition) is 7. The van der Waals surface area contributed by atoms with Crippen LogP contribution in [-0.2, 0) is 14.8 Å². The molecule has 0 unspecified atom stereocenters. The molecular formula is C27H25ClN4O5S. The van der Waals surface area contributed by atoms with Crippen LogP contribution in [0.5, 0.6) is 11.5 Å². The maximum absolute atomic E-state index is 13.6. The second-order valence-electron chi connectivity index (χ2n) is 8.73. The number of ether oxygens (including phenoxy) is 2. The smallest absolute Gasteiger partial charge is 0.316 e. The lowest BCUT2D eigenvalue weighted by molar-refractivity contribution is 0.122. The lowest BCUT2D eigenvalue weighted by Gasteiger charge is -2.29. The number of morpholine rings is 1. The van der Waals surface area contributed by atoms with Crippen LogP contribution in [0.2, 0.25) is 5.02 Å². The largest absolute Gasteiger partial charge is 0.449 e. The molecule has 9 nitrogen and oxygen atoms in total. The van der Waals surface area contributed by atoms with E-state index in [9.17, 15) is 13.2 Å². The Kier molecular flexibility index (Phi) is 7.37. The first-order valence-electron chi connectivity index (χ1n) is 11.8. The molecule has 4 aromatic rings. The van der Waals surface area contributed by atoms with Crippen molar-refractivity contribution in [3.05, 3.63) is 94.4 Å². The molecule has 2 heterocycles. The number of nitrogens with zero attached hydrogens (tertiary/aromatic N) is 3. The van der Waals surface area contributed by atoms with Gasteiger partial charge in [0.05, 0.1) is 31.4 Å². The van der Waals surface area contributed by atoms with E-state index in [1.165, 1.54) is 4.68 Å². The normalized spacial score (nSPS) is 13.8. The number of sulfonamides is 1. The molecular weight excluding hydrogens is 528 g/mol. The molecule has 11 heteroatoms. The highest BCUT2D eigenvalue weighted by Crippen LogP contribution is 2.31. The van der Waals surface area contributed by atoms with Gasteiger partial charge in [-0.3, -0.25) is 9.52 Å². The summed E-state index contributed by atoms with van der Waals surface area (Å²) in [5.41, 5.74) is 3.07. The van der Waals surface area contributed by atoms with E-state index in [1.807, 2.05) is 29.2 Å². The summed E-state index contributed by atoms with van der Waals surface area (Å²) < 4.78 is 38.3. The SMILES string of the molecule is CS(=O)(=O)Nc1ccc(-c2ccc(Oc3c(N4CCOCC4)cnn(-c4ccc(Cl)cc4)c3=O)cc2)cc1. The van der Waals surface area contributed by atoms with Crippen molar-refractivity contribution in [1.82, 2.24) is 9.78 Å². The zero-order chi connectivity index (χ0) is 26.7. The van der Waals surface area contributed by atoms with Crippen LogP contribution in [0.1, 0.15) is 0 Å². The minimum atomic E-state index is -3.34. The third-order valence-electron chi connectivity index (χ3n) is 5.93. The topological polar surface area (TPSA) is 103 Å². The summed E-state index contributed by atoms with van der Waals surface area (Å²) >= 11 is 6.02. The van der Waals surface area contributed by atoms with Gasteiger partial charge in [0.1, 0.15) is 11.4 Å². The molecule has 196 valence electrons. The van der Waals surface area contributed by atoms with Gasteiger partial charge in [0.15, 0.2) is 0 Å². The van der Waals surface area contributed by atoms with Gasteiger partial charge in [-0.05, 0) is 59.7 Å². The Balaban J connectivity index is 1.45. The molecule has 1 aliphatic heterocycles. The fraction of sp³-hybridized carbons (Fsp3) is 0.185. The van der Waals surface area contributed by atoms with Gasteiger partial charge in [-0.25, -0.2) is 8.42 Å². The third kappa shape index (κ3) is 5.99. The first-order chi connectivity index (χ1) is 18.3. The van der Waals surface area contributed by atoms with E-state index >= 15 is 0 Å². The molecule has 0 bridgehead atoms. The first kappa shape index (κ1) is 25.8. The molecule has 1 N–H and O–H groups in total. The van der Waals surface area contributed by atoms with E-state index in [1.54, 1.807) is 54.7 Å². The van der Waals surface area contributed by atoms with Crippen molar-refractivity contribution >= 4 is 33.0 Å². The average Bonchev–Trinajstić information content (AvgIpc) is 2.91. The number of nitrogens with one attached hydrogen (secondary N) is 1. The Morgan fingerprint density at radius 3 is 2.13 bits per heavy atom. The monoisotopic (exact) mass is 552 g/mol. The van der Waals surface area contributed by atoms with E-state index in [0.29, 0.717) is 54.1 Å². The van der Waals surface area contributed by atoms with Crippen molar-refractivity contribution in [2.45, 2.75) is 0 Å². The second kappa shape index (κ2) is 10.9. The molecule has 0 saturated carbocycles. The predicted octanol–water partition coefficient (Wildman–Crippen LogP) is 4.55. The number of rotatable bonds is 7. The lowest BCUT2D eigenvalue weighted by Crippen LogP contribution is -2.38. The molecule has 1 aromatic heterocycles. The third-order valence-corrected chi connectivity index (χ3v) is 6.79. The summed E-state index contributed by atoms with van der Waals surface area (Å²) in [6.07, 6.45) is 2.74. The Bertz CT molecular complexity index is 1580. The molecule has 5 rings (SSSR count). The quantitative estimate of drug-likeness (QED) is 0.359. The number of aromatic nitrogens is 2. The van der Waals surface area contributed by atoms with Crippen LogP contribution in [0.25, 0.3) is 16.8 Å². The molecule has 1 saturated heterocycles. The molecule has 1 fully saturated rings. The van der Waals surface area contributed by atoms with Gasteiger partial charge in [0, 0.05) is 23.8 Å². The highest BCUT2D eigenvalue weighted by molar-refractivity contribution is 7.92. The number of halogens is 1. The predicted molar refractivity (Wildman–Crippen MR) is 148 cm³/mol. The minimum absolute atomic E-state index is 0.167. The second-order valence-corrected chi connectivity index (χ2v) is 10.9. The van der Waals surface area contributed by atoms with Crippen molar-refractivity contribution in [3.8, 4) is 28.3 Å². The molecule has 0 atom stereocenters. The van der Waals surface area contributed by atoms with Crippen LogP contribution in [-0.4, -0.2) is 50.8 Å². The summed E-state index contributed by atoms with van der Waals surface area (Å²) in [4.78, 5) is 15.6. The van der Waals surface area contributed by atoms with Crippen molar-refractivity contribution in [1.29, 1.82) is 0 Å². The fourth-order valence-electron chi connectivity index (χ4n) is 4.10. The summed E-state index contributed by atoms with van der Waals surface area (Å²) in [7, 11) is -3.34. The standard InChI is InChI=1S/C27H25ClN4O5S/c1-38(34,35)30-22-8-2-19(3-9-22)20-4-12-24(13-5-20)37-26-25(31-14-16-36-17-15-31)18-29-32(27(26)33)23-10-6-21(28)7-11-23/h2-13,18,30H,14-17H2,1H3. The van der Waals surface area contributed by atoms with Crippen LogP contribution >= 0.6 is 11.6 Å². The summed E-state index contributed by atoms with van der Waals surface area (Å²) in [5, 5.41) is 4.95. The Hall–Kier alpha value is -3.86. The summed E-state index contributed by atoms with van der Waals surface area (Å²) in [6.45, 7) is 2.33. The van der Waals surface area contributed by atoms with E-state index in [2.05, 4.69) is 9.82 Å². The van der Waals surface area contributed by atoms with Gasteiger partial charge in [0.2, 0.25) is 15.8 Å². The van der Waals surface area contributed by atoms with E-state index in [0.717, 1.165) is 17.4 Å². The van der Waals surface area contributed by atoms with Crippen molar-refractivity contribution in [2.75, 3.05) is 42.2 Å². The number of hydrogen-bond donors (Lipinski definition) is 1. The van der Waals surface area contributed by atoms with Crippen molar-refractivity contribution < 1.29 is 17.9 Å². The van der Waals surface area contributed by atoms with Gasteiger partial charge >= 0.3 is 5.56 Å². The van der Waals surface area contributed by atoms with Gasteiger partial charge in [-0.15, -0.1) is 0 Å². The molecule has 1 aliphatic rings. The van der Waals surface area contributed by atoms with Crippen LogP contribution in [0.15, 0.2) is 83.8 Å². The zero-order valence-corrected chi connectivity index (χ0v) is 22.1. The zero-order valence-electron chi connectivity index (χ0n) is 20.5. The highest BCUT2D eigenvalue weighted by atomic mass is 35.5. The van der Waals surface area contributed by atoms with Crippen molar-refractivity contribution in [3.63, 3.8) is 0 Å².